The summed E-state index contributed by atoms with van der Waals surface area (Å²) >= 11 is 0. The van der Waals surface area contributed by atoms with Gasteiger partial charge < -0.3 is 10.1 Å². The maximum absolute atomic E-state index is 11.7. The van der Waals surface area contributed by atoms with E-state index in [1.807, 2.05) is 0 Å². The number of nitrogens with one attached hydrogen (secondary N) is 1. The lowest BCUT2D eigenvalue weighted by molar-refractivity contribution is 0.0119. The quantitative estimate of drug-likeness (QED) is 0.670. The van der Waals surface area contributed by atoms with E-state index in [9.17, 15) is 8.78 Å². The Kier molecular flexibility index (Phi) is 5.23. The smallest absolute Gasteiger partial charge is 0.261 e. The van der Waals surface area contributed by atoms with Gasteiger partial charge in [0.15, 0.2) is 0 Å². The topological polar surface area (TPSA) is 21.3 Å². The number of hydrogen-bond donors (Lipinski definition) is 1. The van der Waals surface area contributed by atoms with Crippen molar-refractivity contribution in [1.29, 1.82) is 0 Å². The summed E-state index contributed by atoms with van der Waals surface area (Å²) in [6.45, 7) is 2.18. The standard InChI is InChI=1S/C9H17F2NO/c10-9(11)7-13-6-3-8-1-4-12-5-2-8/h8-9,12H,1-7H2. The summed E-state index contributed by atoms with van der Waals surface area (Å²) in [7, 11) is 0. The highest BCUT2D eigenvalue weighted by atomic mass is 19.3. The third-order valence-electron chi connectivity index (χ3n) is 2.37. The van der Waals surface area contributed by atoms with E-state index in [-0.39, 0.29) is 0 Å². The van der Waals surface area contributed by atoms with Crippen molar-refractivity contribution >= 4 is 0 Å². The average Bonchev–Trinajstić information content (AvgIpc) is 2.14. The molecule has 1 aliphatic heterocycles. The van der Waals surface area contributed by atoms with Gasteiger partial charge in [-0.3, -0.25) is 0 Å². The first-order chi connectivity index (χ1) is 6.29. The molecular weight excluding hydrogens is 176 g/mol. The number of ether oxygens (including phenoxy) is 1. The molecule has 0 atom stereocenters. The van der Waals surface area contributed by atoms with Gasteiger partial charge in [0.25, 0.3) is 6.43 Å². The van der Waals surface area contributed by atoms with Gasteiger partial charge in [-0.2, -0.15) is 0 Å². The second kappa shape index (κ2) is 6.27. The van der Waals surface area contributed by atoms with Crippen LogP contribution in [-0.2, 0) is 4.74 Å². The van der Waals surface area contributed by atoms with E-state index < -0.39 is 13.0 Å². The largest absolute Gasteiger partial charge is 0.376 e. The molecule has 0 saturated carbocycles. The molecule has 0 aromatic rings. The molecule has 2 nitrogen and oxygen atoms in total. The summed E-state index contributed by atoms with van der Waals surface area (Å²) in [6.07, 6.45) is 0.901. The Hall–Kier alpha value is -0.220. The number of alkyl halides is 2. The number of piperidine rings is 1. The Morgan fingerprint density at radius 1 is 1.31 bits per heavy atom. The fourth-order valence-corrected chi connectivity index (χ4v) is 1.59. The van der Waals surface area contributed by atoms with Crippen LogP contribution in [0.2, 0.25) is 0 Å². The Labute approximate surface area is 77.6 Å². The van der Waals surface area contributed by atoms with Crippen LogP contribution < -0.4 is 5.32 Å². The van der Waals surface area contributed by atoms with Crippen molar-refractivity contribution in [3.63, 3.8) is 0 Å². The van der Waals surface area contributed by atoms with E-state index in [0.717, 1.165) is 32.4 Å². The molecule has 0 amide bonds. The van der Waals surface area contributed by atoms with E-state index in [2.05, 4.69) is 5.32 Å². The van der Waals surface area contributed by atoms with Crippen LogP contribution in [0.15, 0.2) is 0 Å². The third kappa shape index (κ3) is 5.16. The minimum Gasteiger partial charge on any atom is -0.376 e. The Balaban J connectivity index is 1.92. The van der Waals surface area contributed by atoms with Gasteiger partial charge in [-0.05, 0) is 38.3 Å². The van der Waals surface area contributed by atoms with Crippen molar-refractivity contribution in [2.24, 2.45) is 5.92 Å². The molecule has 0 aromatic heterocycles. The van der Waals surface area contributed by atoms with Gasteiger partial charge in [0, 0.05) is 6.61 Å². The number of rotatable bonds is 5. The highest BCUT2D eigenvalue weighted by Gasteiger charge is 2.12. The minimum absolute atomic E-state index is 0.412. The van der Waals surface area contributed by atoms with E-state index in [1.54, 1.807) is 0 Å². The van der Waals surface area contributed by atoms with Crippen molar-refractivity contribution in [2.75, 3.05) is 26.3 Å². The molecule has 0 bridgehead atoms. The molecule has 0 unspecified atom stereocenters. The summed E-state index contributed by atoms with van der Waals surface area (Å²) in [5.41, 5.74) is 0. The zero-order chi connectivity index (χ0) is 9.52. The fourth-order valence-electron chi connectivity index (χ4n) is 1.59. The SMILES string of the molecule is FC(F)COCCC1CCNCC1. The van der Waals surface area contributed by atoms with Crippen molar-refractivity contribution in [2.45, 2.75) is 25.7 Å². The number of hydrogen-bond acceptors (Lipinski definition) is 2. The molecule has 1 aliphatic rings. The van der Waals surface area contributed by atoms with Gasteiger partial charge in [0.2, 0.25) is 0 Å². The summed E-state index contributed by atoms with van der Waals surface area (Å²) in [5, 5.41) is 3.26. The Bertz CT molecular complexity index is 127. The molecule has 1 fully saturated rings. The van der Waals surface area contributed by atoms with Crippen LogP contribution in [0, 0.1) is 5.92 Å². The van der Waals surface area contributed by atoms with Crippen LogP contribution in [0.5, 0.6) is 0 Å². The molecular formula is C9H17F2NO. The highest BCUT2D eigenvalue weighted by molar-refractivity contribution is 4.67. The van der Waals surface area contributed by atoms with Crippen LogP contribution in [-0.4, -0.2) is 32.7 Å². The molecule has 0 aromatic carbocycles. The second-order valence-electron chi connectivity index (χ2n) is 3.45. The van der Waals surface area contributed by atoms with Gasteiger partial charge in [-0.1, -0.05) is 0 Å². The van der Waals surface area contributed by atoms with E-state index in [0.29, 0.717) is 12.5 Å². The second-order valence-corrected chi connectivity index (χ2v) is 3.45. The van der Waals surface area contributed by atoms with E-state index in [4.69, 9.17) is 4.74 Å². The molecule has 13 heavy (non-hydrogen) atoms. The summed E-state index contributed by atoms with van der Waals surface area (Å²) < 4.78 is 28.2. The predicted octanol–water partition coefficient (Wildman–Crippen LogP) is 1.66. The van der Waals surface area contributed by atoms with Gasteiger partial charge in [0.05, 0.1) is 0 Å². The van der Waals surface area contributed by atoms with Crippen molar-refractivity contribution < 1.29 is 13.5 Å². The van der Waals surface area contributed by atoms with Gasteiger partial charge >= 0.3 is 0 Å². The molecule has 0 radical (unpaired) electrons. The first-order valence-corrected chi connectivity index (χ1v) is 4.85. The van der Waals surface area contributed by atoms with E-state index in [1.165, 1.54) is 0 Å². The molecule has 0 spiro atoms. The summed E-state index contributed by atoms with van der Waals surface area (Å²) in [4.78, 5) is 0. The van der Waals surface area contributed by atoms with Crippen LogP contribution >= 0.6 is 0 Å². The van der Waals surface area contributed by atoms with Crippen LogP contribution in [0.25, 0.3) is 0 Å². The third-order valence-corrected chi connectivity index (χ3v) is 2.37. The first kappa shape index (κ1) is 10.9. The van der Waals surface area contributed by atoms with Crippen molar-refractivity contribution in [1.82, 2.24) is 5.32 Å². The van der Waals surface area contributed by atoms with Crippen LogP contribution in [0.3, 0.4) is 0 Å². The van der Waals surface area contributed by atoms with Gasteiger partial charge in [0.1, 0.15) is 6.61 Å². The van der Waals surface area contributed by atoms with Gasteiger partial charge in [-0.25, -0.2) is 8.78 Å². The molecule has 1 saturated heterocycles. The molecule has 78 valence electrons. The van der Waals surface area contributed by atoms with E-state index >= 15 is 0 Å². The normalized spacial score (nSPS) is 19.6. The fraction of sp³-hybridized carbons (Fsp3) is 1.00. The summed E-state index contributed by atoms with van der Waals surface area (Å²) in [6, 6.07) is 0. The number of halogens is 2. The molecule has 4 heteroatoms. The average molecular weight is 193 g/mol. The lowest BCUT2D eigenvalue weighted by atomic mass is 9.95. The van der Waals surface area contributed by atoms with Crippen LogP contribution in [0.4, 0.5) is 8.78 Å². The highest BCUT2D eigenvalue weighted by Crippen LogP contribution is 2.15. The molecule has 1 N–H and O–H groups in total. The zero-order valence-corrected chi connectivity index (χ0v) is 7.77. The monoisotopic (exact) mass is 193 g/mol. The molecule has 1 heterocycles. The Morgan fingerprint density at radius 3 is 2.62 bits per heavy atom. The molecule has 1 rings (SSSR count). The lowest BCUT2D eigenvalue weighted by Gasteiger charge is -2.22. The molecule has 0 aliphatic carbocycles. The van der Waals surface area contributed by atoms with Crippen molar-refractivity contribution in [3.05, 3.63) is 0 Å². The van der Waals surface area contributed by atoms with Crippen molar-refractivity contribution in [3.8, 4) is 0 Å². The predicted molar refractivity (Wildman–Crippen MR) is 47.0 cm³/mol. The lowest BCUT2D eigenvalue weighted by Crippen LogP contribution is -2.28. The van der Waals surface area contributed by atoms with Gasteiger partial charge in [-0.15, -0.1) is 0 Å². The summed E-state index contributed by atoms with van der Waals surface area (Å²) in [5.74, 6) is 0.666. The zero-order valence-electron chi connectivity index (χ0n) is 7.77. The van der Waals surface area contributed by atoms with Crippen LogP contribution in [0.1, 0.15) is 19.3 Å². The maximum atomic E-state index is 11.7. The Morgan fingerprint density at radius 2 is 2.00 bits per heavy atom. The maximum Gasteiger partial charge on any atom is 0.261 e. The minimum atomic E-state index is -2.33. The first-order valence-electron chi connectivity index (χ1n) is 4.85.